The Hall–Kier alpha value is -2.56. The van der Waals surface area contributed by atoms with Crippen LogP contribution in [0.1, 0.15) is 0 Å². The summed E-state index contributed by atoms with van der Waals surface area (Å²) in [7, 11) is 2.96. The van der Waals surface area contributed by atoms with Gasteiger partial charge in [-0.1, -0.05) is 0 Å². The Morgan fingerprint density at radius 1 is 0.789 bits per heavy atom. The molecule has 2 aromatic carbocycles. The van der Waals surface area contributed by atoms with Crippen LogP contribution in [-0.2, 0) is 0 Å². The molecule has 0 amide bonds. The van der Waals surface area contributed by atoms with Crippen molar-refractivity contribution in [2.45, 2.75) is 0 Å². The topological polar surface area (TPSA) is 72.1 Å². The average Bonchev–Trinajstić information content (AvgIpc) is 2.72. The molecule has 0 radical (unpaired) electrons. The zero-order chi connectivity index (χ0) is 13.6. The van der Waals surface area contributed by atoms with Gasteiger partial charge in [0.15, 0.2) is 23.0 Å². The lowest BCUT2D eigenvalue weighted by Crippen LogP contribution is -1.84. The fourth-order valence-electron chi connectivity index (χ4n) is 2.13. The molecule has 0 aliphatic heterocycles. The van der Waals surface area contributed by atoms with Gasteiger partial charge in [0.1, 0.15) is 11.2 Å². The number of rotatable bonds is 2. The number of phenolic OH excluding ortho intramolecular Hbond substituents is 2. The predicted octanol–water partition coefficient (Wildman–Crippen LogP) is 3.01. The van der Waals surface area contributed by atoms with Crippen LogP contribution >= 0.6 is 0 Å². The van der Waals surface area contributed by atoms with Gasteiger partial charge < -0.3 is 24.1 Å². The minimum absolute atomic E-state index is 0.00485. The molecule has 98 valence electrons. The molecule has 3 rings (SSSR count). The van der Waals surface area contributed by atoms with Crippen molar-refractivity contribution in [1.29, 1.82) is 0 Å². The summed E-state index contributed by atoms with van der Waals surface area (Å²) in [6, 6.07) is 6.34. The van der Waals surface area contributed by atoms with E-state index in [2.05, 4.69) is 0 Å². The molecule has 0 atom stereocenters. The number of fused-ring (bicyclic) bond motifs is 3. The van der Waals surface area contributed by atoms with E-state index in [-0.39, 0.29) is 11.5 Å². The van der Waals surface area contributed by atoms with Gasteiger partial charge in [-0.3, -0.25) is 0 Å². The van der Waals surface area contributed by atoms with Gasteiger partial charge in [-0.2, -0.15) is 0 Å². The SMILES string of the molecule is COc1cc2c(cc1O)oc1cc(O)c(OC)cc12. The first-order valence-corrected chi connectivity index (χ1v) is 5.64. The number of methoxy groups -OCH3 is 2. The molecule has 0 saturated heterocycles. The van der Waals surface area contributed by atoms with Crippen molar-refractivity contribution >= 4 is 21.9 Å². The highest BCUT2D eigenvalue weighted by Gasteiger charge is 2.14. The Bertz CT molecular complexity index is 708. The van der Waals surface area contributed by atoms with Crippen molar-refractivity contribution in [3.05, 3.63) is 24.3 Å². The second-order valence-electron chi connectivity index (χ2n) is 4.14. The van der Waals surface area contributed by atoms with Crippen molar-refractivity contribution in [1.82, 2.24) is 0 Å². The van der Waals surface area contributed by atoms with Crippen LogP contribution in [0.25, 0.3) is 21.9 Å². The van der Waals surface area contributed by atoms with Crippen LogP contribution in [-0.4, -0.2) is 24.4 Å². The smallest absolute Gasteiger partial charge is 0.161 e. The van der Waals surface area contributed by atoms with Crippen LogP contribution in [0.4, 0.5) is 0 Å². The van der Waals surface area contributed by atoms with Crippen LogP contribution in [0.15, 0.2) is 28.7 Å². The van der Waals surface area contributed by atoms with Crippen molar-refractivity contribution in [2.24, 2.45) is 0 Å². The molecule has 0 aliphatic carbocycles. The molecule has 1 heterocycles. The minimum Gasteiger partial charge on any atom is -0.504 e. The predicted molar refractivity (Wildman–Crippen MR) is 70.2 cm³/mol. The molecule has 19 heavy (non-hydrogen) atoms. The molecule has 0 unspecified atom stereocenters. The summed E-state index contributed by atoms with van der Waals surface area (Å²) in [5, 5.41) is 21.0. The maximum absolute atomic E-state index is 9.73. The average molecular weight is 260 g/mol. The monoisotopic (exact) mass is 260 g/mol. The third-order valence-electron chi connectivity index (χ3n) is 3.07. The van der Waals surface area contributed by atoms with E-state index in [0.29, 0.717) is 22.7 Å². The Balaban J connectivity index is 2.41. The molecule has 0 spiro atoms. The summed E-state index contributed by atoms with van der Waals surface area (Å²) in [4.78, 5) is 0. The molecule has 5 nitrogen and oxygen atoms in total. The Morgan fingerprint density at radius 3 is 1.58 bits per heavy atom. The minimum atomic E-state index is 0.00485. The van der Waals surface area contributed by atoms with Crippen LogP contribution in [0.5, 0.6) is 23.0 Å². The zero-order valence-electron chi connectivity index (χ0n) is 10.4. The van der Waals surface area contributed by atoms with Crippen molar-refractivity contribution in [3.8, 4) is 23.0 Å². The molecule has 2 N–H and O–H groups in total. The first-order valence-electron chi connectivity index (χ1n) is 5.64. The van der Waals surface area contributed by atoms with E-state index in [9.17, 15) is 10.2 Å². The largest absolute Gasteiger partial charge is 0.504 e. The number of hydrogen-bond donors (Lipinski definition) is 2. The molecule has 5 heteroatoms. The lowest BCUT2D eigenvalue weighted by atomic mass is 10.1. The lowest BCUT2D eigenvalue weighted by molar-refractivity contribution is 0.374. The summed E-state index contributed by atoms with van der Waals surface area (Å²) < 4.78 is 15.7. The third-order valence-corrected chi connectivity index (χ3v) is 3.07. The van der Waals surface area contributed by atoms with Crippen LogP contribution in [0.2, 0.25) is 0 Å². The van der Waals surface area contributed by atoms with Gasteiger partial charge in [0, 0.05) is 22.9 Å². The fourth-order valence-corrected chi connectivity index (χ4v) is 2.13. The highest BCUT2D eigenvalue weighted by molar-refractivity contribution is 6.07. The maximum atomic E-state index is 9.73. The molecular weight excluding hydrogens is 248 g/mol. The van der Waals surface area contributed by atoms with Gasteiger partial charge in [-0.05, 0) is 12.1 Å². The first-order chi connectivity index (χ1) is 9.13. The van der Waals surface area contributed by atoms with Gasteiger partial charge >= 0.3 is 0 Å². The fraction of sp³-hybridized carbons (Fsp3) is 0.143. The molecular formula is C14H12O5. The first kappa shape index (κ1) is 11.5. The molecule has 0 bridgehead atoms. The lowest BCUT2D eigenvalue weighted by Gasteiger charge is -2.03. The van der Waals surface area contributed by atoms with Gasteiger partial charge in [0.2, 0.25) is 0 Å². The number of hydrogen-bond acceptors (Lipinski definition) is 5. The van der Waals surface area contributed by atoms with Crippen molar-refractivity contribution in [2.75, 3.05) is 14.2 Å². The second kappa shape index (κ2) is 3.98. The zero-order valence-corrected chi connectivity index (χ0v) is 10.4. The van der Waals surface area contributed by atoms with Crippen LogP contribution in [0, 0.1) is 0 Å². The molecule has 3 aromatic rings. The molecule has 0 aliphatic rings. The van der Waals surface area contributed by atoms with E-state index in [4.69, 9.17) is 13.9 Å². The summed E-state index contributed by atoms with van der Waals surface area (Å²) in [5.74, 6) is 0.736. The van der Waals surface area contributed by atoms with E-state index in [1.807, 2.05) is 0 Å². The van der Waals surface area contributed by atoms with E-state index < -0.39 is 0 Å². The maximum Gasteiger partial charge on any atom is 0.161 e. The number of ether oxygens (including phenoxy) is 2. The number of furan rings is 1. The normalized spacial score (nSPS) is 11.1. The second-order valence-corrected chi connectivity index (χ2v) is 4.14. The van der Waals surface area contributed by atoms with Crippen molar-refractivity contribution < 1.29 is 24.1 Å². The van der Waals surface area contributed by atoms with E-state index >= 15 is 0 Å². The van der Waals surface area contributed by atoms with Gasteiger partial charge in [0.25, 0.3) is 0 Å². The number of benzene rings is 2. The highest BCUT2D eigenvalue weighted by atomic mass is 16.5. The number of phenols is 2. The Kier molecular flexibility index (Phi) is 2.41. The Labute approximate surface area is 108 Å². The van der Waals surface area contributed by atoms with E-state index in [1.54, 1.807) is 12.1 Å². The molecule has 1 aromatic heterocycles. The van der Waals surface area contributed by atoms with Gasteiger partial charge in [-0.25, -0.2) is 0 Å². The van der Waals surface area contributed by atoms with Gasteiger partial charge in [0.05, 0.1) is 14.2 Å². The summed E-state index contributed by atoms with van der Waals surface area (Å²) in [5.41, 5.74) is 1.03. The van der Waals surface area contributed by atoms with Gasteiger partial charge in [-0.15, -0.1) is 0 Å². The van der Waals surface area contributed by atoms with Crippen LogP contribution in [0.3, 0.4) is 0 Å². The summed E-state index contributed by atoms with van der Waals surface area (Å²) in [6.45, 7) is 0. The van der Waals surface area contributed by atoms with Crippen LogP contribution < -0.4 is 9.47 Å². The third kappa shape index (κ3) is 1.62. The standard InChI is InChI=1S/C14H12O5/c1-17-13-3-7-8-4-14(18-2)10(16)6-12(8)19-11(7)5-9(13)15/h3-6,15-16H,1-2H3. The molecule has 0 saturated carbocycles. The Morgan fingerprint density at radius 2 is 1.21 bits per heavy atom. The summed E-state index contributed by atoms with van der Waals surface area (Å²) in [6.07, 6.45) is 0. The van der Waals surface area contributed by atoms with E-state index in [1.165, 1.54) is 26.4 Å². The summed E-state index contributed by atoms with van der Waals surface area (Å²) >= 11 is 0. The highest BCUT2D eigenvalue weighted by Crippen LogP contribution is 2.40. The van der Waals surface area contributed by atoms with E-state index in [0.717, 1.165) is 10.8 Å². The molecule has 0 fully saturated rings. The number of aromatic hydroxyl groups is 2. The van der Waals surface area contributed by atoms with Crippen molar-refractivity contribution in [3.63, 3.8) is 0 Å². The quantitative estimate of drug-likeness (QED) is 0.741.